The second-order valence-electron chi connectivity index (χ2n) is 6.25. The van der Waals surface area contributed by atoms with Gasteiger partial charge in [0.25, 0.3) is 0 Å². The summed E-state index contributed by atoms with van der Waals surface area (Å²) in [7, 11) is 0. The lowest BCUT2D eigenvalue weighted by molar-refractivity contribution is -0.151. The molecule has 0 saturated heterocycles. The Labute approximate surface area is 115 Å². The fraction of sp³-hybridized carbons (Fsp3) is 0.867. The molecule has 1 aliphatic carbocycles. The Kier molecular flexibility index (Phi) is 6.32. The third-order valence-corrected chi connectivity index (χ3v) is 3.22. The summed E-state index contributed by atoms with van der Waals surface area (Å²) >= 11 is 0. The maximum atomic E-state index is 11.8. The van der Waals surface area contributed by atoms with Gasteiger partial charge >= 0.3 is 11.9 Å². The number of carbonyl (C=O) groups excluding carboxylic acids is 2. The average Bonchev–Trinajstić information content (AvgIpc) is 2.82. The third-order valence-electron chi connectivity index (χ3n) is 3.22. The Morgan fingerprint density at radius 3 is 1.58 bits per heavy atom. The molecule has 2 atom stereocenters. The molecular formula is C15H26O4. The van der Waals surface area contributed by atoms with Gasteiger partial charge in [-0.15, -0.1) is 0 Å². The van der Waals surface area contributed by atoms with E-state index in [-0.39, 0.29) is 23.8 Å². The lowest BCUT2D eigenvalue weighted by Crippen LogP contribution is -2.21. The fourth-order valence-corrected chi connectivity index (χ4v) is 2.14. The van der Waals surface area contributed by atoms with E-state index < -0.39 is 0 Å². The normalized spacial score (nSPS) is 22.8. The van der Waals surface area contributed by atoms with E-state index in [4.69, 9.17) is 9.47 Å². The van der Waals surface area contributed by atoms with Gasteiger partial charge in [-0.1, -0.05) is 27.7 Å². The second kappa shape index (κ2) is 7.51. The Morgan fingerprint density at radius 2 is 1.26 bits per heavy atom. The van der Waals surface area contributed by atoms with Crippen LogP contribution in [-0.2, 0) is 19.1 Å². The molecule has 0 aliphatic heterocycles. The zero-order valence-electron chi connectivity index (χ0n) is 12.5. The lowest BCUT2D eigenvalue weighted by atomic mass is 10.1. The van der Waals surface area contributed by atoms with Crippen molar-refractivity contribution in [2.75, 3.05) is 13.2 Å². The fourth-order valence-electron chi connectivity index (χ4n) is 2.14. The van der Waals surface area contributed by atoms with E-state index in [9.17, 15) is 9.59 Å². The predicted molar refractivity (Wildman–Crippen MR) is 72.4 cm³/mol. The first-order chi connectivity index (χ1) is 8.90. The third kappa shape index (κ3) is 5.62. The van der Waals surface area contributed by atoms with Gasteiger partial charge in [-0.3, -0.25) is 9.59 Å². The number of ether oxygens (including phenoxy) is 2. The van der Waals surface area contributed by atoms with E-state index >= 15 is 0 Å². The van der Waals surface area contributed by atoms with Crippen LogP contribution in [0.4, 0.5) is 0 Å². The SMILES string of the molecule is CC(C)COC(=O)C1CCC(C(=O)OCC(C)C)C1. The predicted octanol–water partition coefficient (Wildman–Crippen LogP) is 2.80. The van der Waals surface area contributed by atoms with Crippen LogP contribution in [0.2, 0.25) is 0 Å². The van der Waals surface area contributed by atoms with Crippen LogP contribution < -0.4 is 0 Å². The smallest absolute Gasteiger partial charge is 0.308 e. The van der Waals surface area contributed by atoms with Crippen LogP contribution in [0.15, 0.2) is 0 Å². The summed E-state index contributed by atoms with van der Waals surface area (Å²) in [5, 5.41) is 0. The summed E-state index contributed by atoms with van der Waals surface area (Å²) < 4.78 is 10.4. The molecule has 2 unspecified atom stereocenters. The minimum atomic E-state index is -0.159. The van der Waals surface area contributed by atoms with Crippen LogP contribution >= 0.6 is 0 Å². The van der Waals surface area contributed by atoms with Gasteiger partial charge in [0.05, 0.1) is 25.0 Å². The molecule has 19 heavy (non-hydrogen) atoms. The van der Waals surface area contributed by atoms with Crippen molar-refractivity contribution in [1.29, 1.82) is 0 Å². The number of carbonyl (C=O) groups is 2. The Hall–Kier alpha value is -1.06. The summed E-state index contributed by atoms with van der Waals surface area (Å²) in [4.78, 5) is 23.6. The molecule has 1 aliphatic rings. The molecule has 0 aromatic heterocycles. The second-order valence-corrected chi connectivity index (χ2v) is 6.25. The van der Waals surface area contributed by atoms with Crippen molar-refractivity contribution in [2.45, 2.75) is 47.0 Å². The highest BCUT2D eigenvalue weighted by molar-refractivity contribution is 5.77. The van der Waals surface area contributed by atoms with Gasteiger partial charge in [0, 0.05) is 0 Å². The maximum absolute atomic E-state index is 11.8. The van der Waals surface area contributed by atoms with E-state index in [2.05, 4.69) is 0 Å². The minimum absolute atomic E-state index is 0.129. The van der Waals surface area contributed by atoms with Gasteiger partial charge in [-0.05, 0) is 31.1 Å². The van der Waals surface area contributed by atoms with E-state index in [0.29, 0.717) is 31.5 Å². The first-order valence-corrected chi connectivity index (χ1v) is 7.23. The van der Waals surface area contributed by atoms with Crippen molar-refractivity contribution in [3.63, 3.8) is 0 Å². The molecule has 0 radical (unpaired) electrons. The molecule has 1 rings (SSSR count). The number of rotatable bonds is 6. The van der Waals surface area contributed by atoms with Crippen LogP contribution in [0.5, 0.6) is 0 Å². The average molecular weight is 270 g/mol. The molecule has 4 nitrogen and oxygen atoms in total. The molecule has 0 bridgehead atoms. The van der Waals surface area contributed by atoms with Crippen molar-refractivity contribution in [1.82, 2.24) is 0 Å². The Balaban J connectivity index is 2.32. The molecule has 4 heteroatoms. The highest BCUT2D eigenvalue weighted by atomic mass is 16.5. The van der Waals surface area contributed by atoms with Crippen LogP contribution in [0.1, 0.15) is 47.0 Å². The zero-order valence-corrected chi connectivity index (χ0v) is 12.5. The van der Waals surface area contributed by atoms with Gasteiger partial charge in [0.15, 0.2) is 0 Å². The van der Waals surface area contributed by atoms with Crippen molar-refractivity contribution < 1.29 is 19.1 Å². The summed E-state index contributed by atoms with van der Waals surface area (Å²) in [5.74, 6) is 0.112. The molecule has 0 amide bonds. The molecule has 0 aromatic rings. The number of hydrogen-bond acceptors (Lipinski definition) is 4. The zero-order chi connectivity index (χ0) is 14.4. The number of esters is 2. The van der Waals surface area contributed by atoms with E-state index in [0.717, 1.165) is 12.8 Å². The van der Waals surface area contributed by atoms with Gasteiger partial charge in [-0.2, -0.15) is 0 Å². The Bertz CT molecular complexity index is 279. The molecular weight excluding hydrogens is 244 g/mol. The standard InChI is InChI=1S/C15H26O4/c1-10(2)8-18-14(16)12-5-6-13(7-12)15(17)19-9-11(3)4/h10-13H,5-9H2,1-4H3. The molecule has 1 saturated carbocycles. The van der Waals surface area contributed by atoms with E-state index in [1.54, 1.807) is 0 Å². The lowest BCUT2D eigenvalue weighted by Gasteiger charge is -2.13. The monoisotopic (exact) mass is 270 g/mol. The van der Waals surface area contributed by atoms with E-state index in [1.165, 1.54) is 0 Å². The van der Waals surface area contributed by atoms with Gasteiger partial charge in [-0.25, -0.2) is 0 Å². The quantitative estimate of drug-likeness (QED) is 0.696. The van der Waals surface area contributed by atoms with Crippen molar-refractivity contribution in [2.24, 2.45) is 23.7 Å². The molecule has 0 heterocycles. The molecule has 0 aromatic carbocycles. The topological polar surface area (TPSA) is 52.6 Å². The van der Waals surface area contributed by atoms with Crippen molar-refractivity contribution in [3.8, 4) is 0 Å². The summed E-state index contributed by atoms with van der Waals surface area (Å²) in [6.07, 6.45) is 2.05. The summed E-state index contributed by atoms with van der Waals surface area (Å²) in [6, 6.07) is 0. The Morgan fingerprint density at radius 1 is 0.895 bits per heavy atom. The van der Waals surface area contributed by atoms with Gasteiger partial charge < -0.3 is 9.47 Å². The molecule has 110 valence electrons. The molecule has 0 N–H and O–H groups in total. The van der Waals surface area contributed by atoms with Crippen molar-refractivity contribution in [3.05, 3.63) is 0 Å². The summed E-state index contributed by atoms with van der Waals surface area (Å²) in [5.41, 5.74) is 0. The van der Waals surface area contributed by atoms with E-state index in [1.807, 2.05) is 27.7 Å². The maximum Gasteiger partial charge on any atom is 0.308 e. The van der Waals surface area contributed by atoms with Gasteiger partial charge in [0.2, 0.25) is 0 Å². The van der Waals surface area contributed by atoms with Crippen LogP contribution in [0.3, 0.4) is 0 Å². The molecule has 1 fully saturated rings. The van der Waals surface area contributed by atoms with Crippen LogP contribution in [-0.4, -0.2) is 25.2 Å². The van der Waals surface area contributed by atoms with Crippen LogP contribution in [0.25, 0.3) is 0 Å². The van der Waals surface area contributed by atoms with Crippen LogP contribution in [0, 0.1) is 23.7 Å². The minimum Gasteiger partial charge on any atom is -0.465 e. The highest BCUT2D eigenvalue weighted by Crippen LogP contribution is 2.32. The van der Waals surface area contributed by atoms with Crippen molar-refractivity contribution >= 4 is 11.9 Å². The first-order valence-electron chi connectivity index (χ1n) is 7.23. The summed E-state index contributed by atoms with van der Waals surface area (Å²) in [6.45, 7) is 8.94. The first kappa shape index (κ1) is 16.0. The van der Waals surface area contributed by atoms with Gasteiger partial charge in [0.1, 0.15) is 0 Å². The molecule has 0 spiro atoms. The highest BCUT2D eigenvalue weighted by Gasteiger charge is 2.35. The number of hydrogen-bond donors (Lipinski definition) is 0. The largest absolute Gasteiger partial charge is 0.465 e.